The molecular formula is C13H18BrN3. The predicted octanol–water partition coefficient (Wildman–Crippen LogP) is 3.38. The molecule has 0 saturated heterocycles. The molecule has 0 aliphatic rings. The first-order valence-corrected chi connectivity index (χ1v) is 6.71. The number of H-pyrrole nitrogens is 1. The quantitative estimate of drug-likeness (QED) is 0.908. The van der Waals surface area contributed by atoms with Crippen LogP contribution in [0.5, 0.6) is 0 Å². The number of fused-ring (bicyclic) bond motifs is 1. The molecule has 0 aliphatic heterocycles. The van der Waals surface area contributed by atoms with E-state index in [2.05, 4.69) is 64.1 Å². The van der Waals surface area contributed by atoms with Gasteiger partial charge in [-0.1, -0.05) is 29.8 Å². The summed E-state index contributed by atoms with van der Waals surface area (Å²) in [7, 11) is 0. The molecule has 17 heavy (non-hydrogen) atoms. The summed E-state index contributed by atoms with van der Waals surface area (Å²) in [4.78, 5) is 7.96. The van der Waals surface area contributed by atoms with Gasteiger partial charge < -0.3 is 10.3 Å². The van der Waals surface area contributed by atoms with Gasteiger partial charge in [-0.2, -0.15) is 0 Å². The summed E-state index contributed by atoms with van der Waals surface area (Å²) in [5.41, 5.74) is 3.36. The van der Waals surface area contributed by atoms with E-state index in [1.165, 1.54) is 5.56 Å². The standard InChI is InChI=1S/C13H18BrN3/c1-8(2)6-15-7-12-16-11-5-10(14)4-9(3)13(11)17-12/h4-5,8,15H,6-7H2,1-3H3,(H,16,17). The van der Waals surface area contributed by atoms with Gasteiger partial charge in [-0.25, -0.2) is 4.98 Å². The van der Waals surface area contributed by atoms with E-state index in [0.29, 0.717) is 5.92 Å². The van der Waals surface area contributed by atoms with Gasteiger partial charge in [0.15, 0.2) is 0 Å². The van der Waals surface area contributed by atoms with Crippen LogP contribution in [-0.2, 0) is 6.54 Å². The monoisotopic (exact) mass is 295 g/mol. The molecule has 1 aromatic heterocycles. The molecule has 0 unspecified atom stereocenters. The highest BCUT2D eigenvalue weighted by atomic mass is 79.9. The van der Waals surface area contributed by atoms with E-state index in [4.69, 9.17) is 0 Å². The van der Waals surface area contributed by atoms with Gasteiger partial charge in [-0.3, -0.25) is 0 Å². The molecule has 1 heterocycles. The average molecular weight is 296 g/mol. The molecule has 0 spiro atoms. The Labute approximate surface area is 110 Å². The lowest BCUT2D eigenvalue weighted by molar-refractivity contribution is 0.545. The fraction of sp³-hybridized carbons (Fsp3) is 0.462. The van der Waals surface area contributed by atoms with Crippen molar-refractivity contribution in [1.29, 1.82) is 0 Å². The topological polar surface area (TPSA) is 40.7 Å². The molecule has 0 aliphatic carbocycles. The van der Waals surface area contributed by atoms with Gasteiger partial charge in [0.05, 0.1) is 17.6 Å². The molecule has 0 atom stereocenters. The van der Waals surface area contributed by atoms with Crippen molar-refractivity contribution in [2.24, 2.45) is 5.92 Å². The Morgan fingerprint density at radius 1 is 1.41 bits per heavy atom. The van der Waals surface area contributed by atoms with Crippen molar-refractivity contribution in [2.45, 2.75) is 27.3 Å². The molecule has 0 bridgehead atoms. The van der Waals surface area contributed by atoms with Crippen LogP contribution in [0.4, 0.5) is 0 Å². The predicted molar refractivity (Wildman–Crippen MR) is 75.1 cm³/mol. The summed E-state index contributed by atoms with van der Waals surface area (Å²) in [6.45, 7) is 8.29. The van der Waals surface area contributed by atoms with E-state index < -0.39 is 0 Å². The fourth-order valence-corrected chi connectivity index (χ4v) is 2.43. The summed E-state index contributed by atoms with van der Waals surface area (Å²) >= 11 is 3.50. The molecule has 2 N–H and O–H groups in total. The second-order valence-corrected chi connectivity index (χ2v) is 5.74. The second-order valence-electron chi connectivity index (χ2n) is 4.83. The van der Waals surface area contributed by atoms with Crippen molar-refractivity contribution >= 4 is 27.0 Å². The summed E-state index contributed by atoms with van der Waals surface area (Å²) in [5, 5.41) is 3.39. The third-order valence-electron chi connectivity index (χ3n) is 2.64. The number of aromatic amines is 1. The maximum Gasteiger partial charge on any atom is 0.121 e. The first-order valence-electron chi connectivity index (χ1n) is 5.91. The van der Waals surface area contributed by atoms with Crippen LogP contribution in [0.25, 0.3) is 11.0 Å². The van der Waals surface area contributed by atoms with E-state index >= 15 is 0 Å². The van der Waals surface area contributed by atoms with Crippen molar-refractivity contribution < 1.29 is 0 Å². The van der Waals surface area contributed by atoms with E-state index in [9.17, 15) is 0 Å². The Bertz CT molecular complexity index is 517. The number of halogens is 1. The van der Waals surface area contributed by atoms with Crippen LogP contribution >= 0.6 is 15.9 Å². The van der Waals surface area contributed by atoms with Crippen LogP contribution in [0.2, 0.25) is 0 Å². The maximum absolute atomic E-state index is 4.61. The maximum atomic E-state index is 4.61. The summed E-state index contributed by atoms with van der Waals surface area (Å²) in [6, 6.07) is 4.16. The minimum absolute atomic E-state index is 0.662. The highest BCUT2D eigenvalue weighted by molar-refractivity contribution is 9.10. The number of nitrogens with one attached hydrogen (secondary N) is 2. The molecule has 3 nitrogen and oxygen atoms in total. The number of rotatable bonds is 4. The summed E-state index contributed by atoms with van der Waals surface area (Å²) < 4.78 is 1.09. The Hall–Kier alpha value is -0.870. The number of aromatic nitrogens is 2. The largest absolute Gasteiger partial charge is 0.341 e. The minimum Gasteiger partial charge on any atom is -0.341 e. The van der Waals surface area contributed by atoms with Crippen molar-refractivity contribution in [2.75, 3.05) is 6.54 Å². The first kappa shape index (κ1) is 12.6. The highest BCUT2D eigenvalue weighted by Crippen LogP contribution is 2.21. The SMILES string of the molecule is Cc1cc(Br)cc2[nH]c(CNCC(C)C)nc12. The van der Waals surface area contributed by atoms with Gasteiger partial charge >= 0.3 is 0 Å². The number of aryl methyl sites for hydroxylation is 1. The first-order chi connectivity index (χ1) is 8.06. The third kappa shape index (κ3) is 3.07. The van der Waals surface area contributed by atoms with Crippen LogP contribution in [0.15, 0.2) is 16.6 Å². The van der Waals surface area contributed by atoms with Crippen LogP contribution in [0, 0.1) is 12.8 Å². The van der Waals surface area contributed by atoms with Gasteiger partial charge in [0.2, 0.25) is 0 Å². The zero-order valence-electron chi connectivity index (χ0n) is 10.5. The molecule has 0 radical (unpaired) electrons. The van der Waals surface area contributed by atoms with E-state index in [-0.39, 0.29) is 0 Å². The smallest absolute Gasteiger partial charge is 0.121 e. The number of hydrogen-bond acceptors (Lipinski definition) is 2. The lowest BCUT2D eigenvalue weighted by atomic mass is 10.2. The van der Waals surface area contributed by atoms with Gasteiger partial charge in [0.25, 0.3) is 0 Å². The lowest BCUT2D eigenvalue weighted by Crippen LogP contribution is -2.19. The van der Waals surface area contributed by atoms with E-state index in [1.807, 2.05) is 0 Å². The van der Waals surface area contributed by atoms with Gasteiger partial charge in [-0.15, -0.1) is 0 Å². The van der Waals surface area contributed by atoms with Crippen molar-refractivity contribution in [3.8, 4) is 0 Å². The average Bonchev–Trinajstić information content (AvgIpc) is 2.60. The highest BCUT2D eigenvalue weighted by Gasteiger charge is 2.06. The third-order valence-corrected chi connectivity index (χ3v) is 3.09. The molecule has 0 saturated carbocycles. The Morgan fingerprint density at radius 3 is 2.88 bits per heavy atom. The van der Waals surface area contributed by atoms with Crippen molar-refractivity contribution in [3.63, 3.8) is 0 Å². The Kier molecular flexibility index (Phi) is 3.84. The zero-order valence-corrected chi connectivity index (χ0v) is 12.1. The minimum atomic E-state index is 0.662. The van der Waals surface area contributed by atoms with Gasteiger partial charge in [-0.05, 0) is 37.1 Å². The summed E-state index contributed by atoms with van der Waals surface area (Å²) in [6.07, 6.45) is 0. The Morgan fingerprint density at radius 2 is 2.18 bits per heavy atom. The van der Waals surface area contributed by atoms with Gasteiger partial charge in [0.1, 0.15) is 5.82 Å². The van der Waals surface area contributed by atoms with Gasteiger partial charge in [0, 0.05) is 4.47 Å². The van der Waals surface area contributed by atoms with Crippen molar-refractivity contribution in [3.05, 3.63) is 28.0 Å². The Balaban J connectivity index is 2.17. The molecular weight excluding hydrogens is 278 g/mol. The van der Waals surface area contributed by atoms with Crippen LogP contribution in [0.1, 0.15) is 25.2 Å². The fourth-order valence-electron chi connectivity index (χ4n) is 1.86. The van der Waals surface area contributed by atoms with Crippen LogP contribution in [0.3, 0.4) is 0 Å². The number of hydrogen-bond donors (Lipinski definition) is 2. The molecule has 2 aromatic rings. The van der Waals surface area contributed by atoms with Crippen LogP contribution in [-0.4, -0.2) is 16.5 Å². The summed E-state index contributed by atoms with van der Waals surface area (Å²) in [5.74, 6) is 1.66. The van der Waals surface area contributed by atoms with Crippen LogP contribution < -0.4 is 5.32 Å². The second kappa shape index (κ2) is 5.19. The number of benzene rings is 1. The molecule has 4 heteroatoms. The normalized spacial score (nSPS) is 11.6. The molecule has 2 rings (SSSR count). The molecule has 1 aromatic carbocycles. The van der Waals surface area contributed by atoms with Crippen molar-refractivity contribution in [1.82, 2.24) is 15.3 Å². The van der Waals surface area contributed by atoms with E-state index in [0.717, 1.165) is 34.4 Å². The molecule has 0 amide bonds. The molecule has 92 valence electrons. The zero-order chi connectivity index (χ0) is 12.4. The number of imidazole rings is 1. The molecule has 0 fully saturated rings. The lowest BCUT2D eigenvalue weighted by Gasteiger charge is -2.04. The van der Waals surface area contributed by atoms with E-state index in [1.54, 1.807) is 0 Å². The number of nitrogens with zero attached hydrogens (tertiary/aromatic N) is 1.